The molecule has 1 atom stereocenters. The average molecular weight is 621 g/mol. The highest BCUT2D eigenvalue weighted by Crippen LogP contribution is 2.28. The molecule has 218 valence electrons. The Morgan fingerprint density at radius 2 is 1.63 bits per heavy atom. The lowest BCUT2D eigenvalue weighted by molar-refractivity contribution is -0.140. The lowest BCUT2D eigenvalue weighted by atomic mass is 10.1. The van der Waals surface area contributed by atoms with Gasteiger partial charge in [-0.2, -0.15) is 0 Å². The molecule has 3 aromatic carbocycles. The van der Waals surface area contributed by atoms with Gasteiger partial charge in [-0.25, -0.2) is 12.8 Å². The summed E-state index contributed by atoms with van der Waals surface area (Å²) in [6, 6.07) is 16.9. The van der Waals surface area contributed by atoms with Gasteiger partial charge in [-0.3, -0.25) is 13.9 Å². The first-order valence-corrected chi connectivity index (χ1v) is 15.7. The van der Waals surface area contributed by atoms with Gasteiger partial charge in [0.1, 0.15) is 18.4 Å². The number of hydrogen-bond acceptors (Lipinski definition) is 4. The molecular weight excluding hydrogens is 588 g/mol. The van der Waals surface area contributed by atoms with Crippen molar-refractivity contribution < 1.29 is 22.4 Å². The third-order valence-electron chi connectivity index (χ3n) is 7.16. The summed E-state index contributed by atoms with van der Waals surface area (Å²) < 4.78 is 43.3. The predicted molar refractivity (Wildman–Crippen MR) is 159 cm³/mol. The van der Waals surface area contributed by atoms with E-state index in [0.29, 0.717) is 10.6 Å². The summed E-state index contributed by atoms with van der Waals surface area (Å²) in [5.74, 6) is -1.80. The molecule has 7 nitrogen and oxygen atoms in total. The first-order valence-electron chi connectivity index (χ1n) is 13.5. The molecule has 0 heterocycles. The van der Waals surface area contributed by atoms with Gasteiger partial charge in [0.2, 0.25) is 11.8 Å². The van der Waals surface area contributed by atoms with Gasteiger partial charge in [-0.1, -0.05) is 79.4 Å². The van der Waals surface area contributed by atoms with Crippen LogP contribution in [0.4, 0.5) is 10.1 Å². The Labute approximate surface area is 250 Å². The van der Waals surface area contributed by atoms with Gasteiger partial charge in [0.15, 0.2) is 0 Å². The minimum absolute atomic E-state index is 0.0202. The molecule has 0 spiro atoms. The maximum atomic E-state index is 15.0. The Morgan fingerprint density at radius 1 is 0.976 bits per heavy atom. The van der Waals surface area contributed by atoms with Gasteiger partial charge < -0.3 is 10.2 Å². The van der Waals surface area contributed by atoms with E-state index in [1.54, 1.807) is 43.3 Å². The fraction of sp³-hybridized carbons (Fsp3) is 0.333. The van der Waals surface area contributed by atoms with Crippen LogP contribution in [0.2, 0.25) is 10.0 Å². The second kappa shape index (κ2) is 13.7. The van der Waals surface area contributed by atoms with Crippen LogP contribution in [0.5, 0.6) is 0 Å². The Kier molecular flexibility index (Phi) is 10.3. The summed E-state index contributed by atoms with van der Waals surface area (Å²) in [6.07, 6.45) is 4.03. The van der Waals surface area contributed by atoms with E-state index in [4.69, 9.17) is 23.2 Å². The van der Waals surface area contributed by atoms with Crippen LogP contribution in [0, 0.1) is 5.82 Å². The van der Waals surface area contributed by atoms with Crippen molar-refractivity contribution in [2.75, 3.05) is 10.8 Å². The lowest BCUT2D eigenvalue weighted by Crippen LogP contribution is -2.53. The predicted octanol–water partition coefficient (Wildman–Crippen LogP) is 6.19. The molecule has 41 heavy (non-hydrogen) atoms. The molecule has 0 bridgehead atoms. The highest BCUT2D eigenvalue weighted by atomic mass is 35.5. The topological polar surface area (TPSA) is 86.8 Å². The normalized spacial score (nSPS) is 14.4. The summed E-state index contributed by atoms with van der Waals surface area (Å²) >= 11 is 12.3. The number of carbonyl (C=O) groups is 2. The van der Waals surface area contributed by atoms with Crippen LogP contribution >= 0.6 is 23.2 Å². The van der Waals surface area contributed by atoms with Crippen LogP contribution in [0.1, 0.15) is 44.6 Å². The number of hydrogen-bond donors (Lipinski definition) is 1. The van der Waals surface area contributed by atoms with E-state index < -0.39 is 34.3 Å². The van der Waals surface area contributed by atoms with Gasteiger partial charge in [0.05, 0.1) is 20.6 Å². The van der Waals surface area contributed by atoms with Gasteiger partial charge in [-0.15, -0.1) is 0 Å². The molecule has 1 fully saturated rings. The smallest absolute Gasteiger partial charge is 0.264 e. The quantitative estimate of drug-likeness (QED) is 0.277. The van der Waals surface area contributed by atoms with Crippen LogP contribution in [-0.2, 0) is 26.2 Å². The summed E-state index contributed by atoms with van der Waals surface area (Å²) in [7, 11) is -4.35. The molecule has 1 aliphatic carbocycles. The molecule has 1 aliphatic rings. The van der Waals surface area contributed by atoms with Crippen LogP contribution in [-0.4, -0.2) is 43.8 Å². The number of anilines is 1. The fourth-order valence-corrected chi connectivity index (χ4v) is 6.77. The lowest BCUT2D eigenvalue weighted by Gasteiger charge is -2.34. The molecule has 1 N–H and O–H groups in total. The third kappa shape index (κ3) is 7.39. The zero-order valence-corrected chi connectivity index (χ0v) is 24.9. The molecule has 0 aliphatic heterocycles. The minimum atomic E-state index is -4.35. The van der Waals surface area contributed by atoms with Gasteiger partial charge in [0, 0.05) is 12.6 Å². The highest BCUT2D eigenvalue weighted by Gasteiger charge is 2.35. The van der Waals surface area contributed by atoms with Gasteiger partial charge >= 0.3 is 0 Å². The number of sulfonamides is 1. The first kappa shape index (κ1) is 30.8. The minimum Gasteiger partial charge on any atom is -0.352 e. The molecule has 0 aromatic heterocycles. The number of carbonyl (C=O) groups excluding carboxylic acids is 2. The van der Waals surface area contributed by atoms with Crippen LogP contribution < -0.4 is 9.62 Å². The van der Waals surface area contributed by atoms with Crippen molar-refractivity contribution in [2.45, 2.75) is 62.6 Å². The summed E-state index contributed by atoms with van der Waals surface area (Å²) in [6.45, 7) is 1.01. The van der Waals surface area contributed by atoms with Crippen molar-refractivity contribution in [3.8, 4) is 0 Å². The van der Waals surface area contributed by atoms with E-state index in [1.807, 2.05) is 0 Å². The summed E-state index contributed by atoms with van der Waals surface area (Å²) in [5, 5.41) is 3.66. The van der Waals surface area contributed by atoms with Crippen molar-refractivity contribution in [1.29, 1.82) is 0 Å². The van der Waals surface area contributed by atoms with Crippen LogP contribution in [0.15, 0.2) is 77.7 Å². The van der Waals surface area contributed by atoms with E-state index in [0.717, 1.165) is 36.1 Å². The number of nitrogens with zero attached hydrogens (tertiary/aromatic N) is 2. The van der Waals surface area contributed by atoms with E-state index in [-0.39, 0.29) is 40.5 Å². The van der Waals surface area contributed by atoms with E-state index in [2.05, 4.69) is 5.32 Å². The molecular formula is C30H32Cl2FN3O4S. The first-order chi connectivity index (χ1) is 19.6. The molecule has 0 unspecified atom stereocenters. The van der Waals surface area contributed by atoms with Crippen molar-refractivity contribution >= 4 is 50.7 Å². The molecule has 0 saturated heterocycles. The maximum Gasteiger partial charge on any atom is 0.264 e. The number of benzene rings is 3. The Hall–Kier alpha value is -3.14. The van der Waals surface area contributed by atoms with Crippen molar-refractivity contribution in [3.63, 3.8) is 0 Å². The summed E-state index contributed by atoms with van der Waals surface area (Å²) in [5.41, 5.74) is 0.325. The van der Waals surface area contributed by atoms with Crippen molar-refractivity contribution in [2.24, 2.45) is 0 Å². The van der Waals surface area contributed by atoms with Crippen LogP contribution in [0.3, 0.4) is 0 Å². The zero-order valence-electron chi connectivity index (χ0n) is 22.6. The van der Waals surface area contributed by atoms with E-state index in [1.165, 1.54) is 35.2 Å². The molecule has 2 amide bonds. The van der Waals surface area contributed by atoms with Crippen molar-refractivity contribution in [1.82, 2.24) is 10.2 Å². The van der Waals surface area contributed by atoms with E-state index in [9.17, 15) is 18.0 Å². The largest absolute Gasteiger partial charge is 0.352 e. The molecule has 3 aromatic rings. The zero-order chi connectivity index (χ0) is 29.6. The summed E-state index contributed by atoms with van der Waals surface area (Å²) in [4.78, 5) is 28.8. The number of rotatable bonds is 11. The Morgan fingerprint density at radius 3 is 2.27 bits per heavy atom. The Bertz CT molecular complexity index is 1480. The standard InChI is InChI=1S/C30H32Cl2FN3O4S/c1-2-27(30(38)34-22-10-6-7-11-22)35(19-21-16-17-24(31)25(32)18-21)29(37)20-36(28-15-9-8-14-26(28)33)41(39,40)23-12-4-3-5-13-23/h3-5,8-9,12-18,22,27H,2,6-7,10-11,19-20H2,1H3,(H,34,38)/t27-/m1/s1. The monoisotopic (exact) mass is 619 g/mol. The molecule has 0 radical (unpaired) electrons. The maximum absolute atomic E-state index is 15.0. The second-order valence-corrected chi connectivity index (χ2v) is 12.6. The number of halogens is 3. The fourth-order valence-electron chi connectivity index (χ4n) is 5.01. The molecule has 4 rings (SSSR count). The number of amides is 2. The number of nitrogens with one attached hydrogen (secondary N) is 1. The Balaban J connectivity index is 1.73. The second-order valence-electron chi connectivity index (χ2n) is 9.96. The van der Waals surface area contributed by atoms with Gasteiger partial charge in [-0.05, 0) is 61.2 Å². The van der Waals surface area contributed by atoms with Crippen molar-refractivity contribution in [3.05, 3.63) is 94.2 Å². The molecule has 11 heteroatoms. The third-order valence-corrected chi connectivity index (χ3v) is 9.67. The SMILES string of the molecule is CC[C@H](C(=O)NC1CCCC1)N(Cc1ccc(Cl)c(Cl)c1)C(=O)CN(c1ccccc1F)S(=O)(=O)c1ccccc1. The number of para-hydroxylation sites is 1. The van der Waals surface area contributed by atoms with Crippen LogP contribution in [0.25, 0.3) is 0 Å². The molecule has 1 saturated carbocycles. The average Bonchev–Trinajstić information content (AvgIpc) is 3.47. The highest BCUT2D eigenvalue weighted by molar-refractivity contribution is 7.92. The van der Waals surface area contributed by atoms with E-state index >= 15 is 4.39 Å². The van der Waals surface area contributed by atoms with Gasteiger partial charge in [0.25, 0.3) is 10.0 Å².